The number of Topliss-reactive ketones (excluding diaryl/α,β-unsaturated/α-hetero) is 1. The lowest BCUT2D eigenvalue weighted by Gasteiger charge is -2.12. The van der Waals surface area contributed by atoms with Crippen molar-refractivity contribution in [2.24, 2.45) is 0 Å². The number of carbonyl (C=O) groups is 2. The Bertz CT molecular complexity index is 797. The summed E-state index contributed by atoms with van der Waals surface area (Å²) in [4.78, 5) is 23.9. The van der Waals surface area contributed by atoms with Gasteiger partial charge in [0.1, 0.15) is 12.4 Å². The van der Waals surface area contributed by atoms with Gasteiger partial charge in [-0.3, -0.25) is 4.79 Å². The first kappa shape index (κ1) is 19.3. The largest absolute Gasteiger partial charge is 0.496 e. The first-order chi connectivity index (χ1) is 12.5. The van der Waals surface area contributed by atoms with Crippen molar-refractivity contribution in [2.45, 2.75) is 20.5 Å². The molecule has 2 rings (SSSR count). The van der Waals surface area contributed by atoms with E-state index < -0.39 is 5.97 Å². The van der Waals surface area contributed by atoms with Crippen molar-refractivity contribution < 1.29 is 28.5 Å². The molecule has 0 radical (unpaired) electrons. The maximum atomic E-state index is 12.4. The van der Waals surface area contributed by atoms with Crippen LogP contribution in [0, 0.1) is 0 Å². The predicted molar refractivity (Wildman–Crippen MR) is 96.3 cm³/mol. The number of ether oxygens (including phenoxy) is 4. The Labute approximate surface area is 152 Å². The summed E-state index contributed by atoms with van der Waals surface area (Å²) >= 11 is 0. The maximum absolute atomic E-state index is 12.4. The van der Waals surface area contributed by atoms with Crippen LogP contribution >= 0.6 is 0 Å². The third-order valence-electron chi connectivity index (χ3n) is 3.74. The molecule has 2 aromatic carbocycles. The molecule has 0 aliphatic rings. The van der Waals surface area contributed by atoms with E-state index in [-0.39, 0.29) is 12.4 Å². The Hall–Kier alpha value is -3.02. The van der Waals surface area contributed by atoms with Crippen molar-refractivity contribution in [3.05, 3.63) is 53.1 Å². The topological polar surface area (TPSA) is 71.1 Å². The van der Waals surface area contributed by atoms with Crippen LogP contribution in [0.1, 0.15) is 40.1 Å². The maximum Gasteiger partial charge on any atom is 0.338 e. The molecule has 0 aliphatic carbocycles. The molecular formula is C20H22O6. The molecule has 0 heterocycles. The summed E-state index contributed by atoms with van der Waals surface area (Å²) in [5.41, 5.74) is 1.49. The number of carbonyl (C=O) groups excluding carboxylic acids is 2. The lowest BCUT2D eigenvalue weighted by Crippen LogP contribution is -2.08. The normalized spacial score (nSPS) is 10.2. The highest BCUT2D eigenvalue weighted by Crippen LogP contribution is 2.29. The van der Waals surface area contributed by atoms with Crippen LogP contribution in [0.4, 0.5) is 0 Å². The van der Waals surface area contributed by atoms with Gasteiger partial charge in [0.05, 0.1) is 26.4 Å². The fourth-order valence-electron chi connectivity index (χ4n) is 2.41. The van der Waals surface area contributed by atoms with Crippen LogP contribution in [0.15, 0.2) is 36.4 Å². The van der Waals surface area contributed by atoms with E-state index in [1.807, 2.05) is 6.92 Å². The second-order valence-corrected chi connectivity index (χ2v) is 5.46. The molecule has 0 spiro atoms. The molecule has 0 saturated carbocycles. The molecule has 0 atom stereocenters. The number of benzene rings is 2. The third kappa shape index (κ3) is 4.53. The molecule has 0 aliphatic heterocycles. The Morgan fingerprint density at radius 3 is 2.15 bits per heavy atom. The van der Waals surface area contributed by atoms with Gasteiger partial charge in [-0.15, -0.1) is 0 Å². The van der Waals surface area contributed by atoms with E-state index in [1.165, 1.54) is 21.1 Å². The summed E-state index contributed by atoms with van der Waals surface area (Å²) in [6, 6.07) is 9.85. The fraction of sp³-hybridized carbons (Fsp3) is 0.300. The SMILES string of the molecule is CCOc1cc(C(=O)OCc2cc(C(C)=O)ccc2OC)ccc1OC. The molecule has 0 unspecified atom stereocenters. The molecule has 26 heavy (non-hydrogen) atoms. The average molecular weight is 358 g/mol. The van der Waals surface area contributed by atoms with Gasteiger partial charge in [0.25, 0.3) is 0 Å². The summed E-state index contributed by atoms with van der Waals surface area (Å²) in [5, 5.41) is 0. The second kappa shape index (κ2) is 8.89. The van der Waals surface area contributed by atoms with Crippen molar-refractivity contribution in [3.8, 4) is 17.2 Å². The zero-order chi connectivity index (χ0) is 19.1. The van der Waals surface area contributed by atoms with E-state index >= 15 is 0 Å². The minimum absolute atomic E-state index is 0.0148. The summed E-state index contributed by atoms with van der Waals surface area (Å²) in [7, 11) is 3.05. The van der Waals surface area contributed by atoms with E-state index in [2.05, 4.69) is 0 Å². The van der Waals surface area contributed by atoms with Gasteiger partial charge in [-0.05, 0) is 50.2 Å². The number of hydrogen-bond acceptors (Lipinski definition) is 6. The van der Waals surface area contributed by atoms with E-state index in [9.17, 15) is 9.59 Å². The van der Waals surface area contributed by atoms with Crippen LogP contribution in [0.5, 0.6) is 17.2 Å². The minimum atomic E-state index is -0.510. The van der Waals surface area contributed by atoms with E-state index in [0.29, 0.717) is 40.5 Å². The third-order valence-corrected chi connectivity index (χ3v) is 3.74. The first-order valence-electron chi connectivity index (χ1n) is 8.16. The van der Waals surface area contributed by atoms with Crippen molar-refractivity contribution in [3.63, 3.8) is 0 Å². The van der Waals surface area contributed by atoms with Crippen LogP contribution in [0.2, 0.25) is 0 Å². The fourth-order valence-corrected chi connectivity index (χ4v) is 2.41. The summed E-state index contributed by atoms with van der Waals surface area (Å²) in [5.74, 6) is 0.980. The van der Waals surface area contributed by atoms with Gasteiger partial charge in [0.2, 0.25) is 0 Å². The first-order valence-corrected chi connectivity index (χ1v) is 8.16. The number of esters is 1. The van der Waals surface area contributed by atoms with Gasteiger partial charge in [-0.2, -0.15) is 0 Å². The van der Waals surface area contributed by atoms with Crippen molar-refractivity contribution in [2.75, 3.05) is 20.8 Å². The van der Waals surface area contributed by atoms with E-state index in [1.54, 1.807) is 36.4 Å². The molecule has 6 nitrogen and oxygen atoms in total. The predicted octanol–water partition coefficient (Wildman–Crippen LogP) is 3.66. The van der Waals surface area contributed by atoms with Gasteiger partial charge in [-0.25, -0.2) is 4.79 Å². The van der Waals surface area contributed by atoms with Crippen LogP contribution < -0.4 is 14.2 Å². The number of ketones is 1. The van der Waals surface area contributed by atoms with Crippen molar-refractivity contribution in [1.82, 2.24) is 0 Å². The van der Waals surface area contributed by atoms with Gasteiger partial charge >= 0.3 is 5.97 Å². The van der Waals surface area contributed by atoms with Gasteiger partial charge in [-0.1, -0.05) is 0 Å². The molecule has 138 valence electrons. The lowest BCUT2D eigenvalue weighted by atomic mass is 10.1. The average Bonchev–Trinajstić information content (AvgIpc) is 2.65. The highest BCUT2D eigenvalue weighted by molar-refractivity contribution is 5.94. The second-order valence-electron chi connectivity index (χ2n) is 5.46. The van der Waals surface area contributed by atoms with Crippen LogP contribution in [-0.4, -0.2) is 32.6 Å². The van der Waals surface area contributed by atoms with Gasteiger partial charge in [0.15, 0.2) is 17.3 Å². The summed E-state index contributed by atoms with van der Waals surface area (Å²) in [6.45, 7) is 3.76. The molecule has 2 aromatic rings. The van der Waals surface area contributed by atoms with E-state index in [4.69, 9.17) is 18.9 Å². The smallest absolute Gasteiger partial charge is 0.338 e. The quantitative estimate of drug-likeness (QED) is 0.530. The highest BCUT2D eigenvalue weighted by atomic mass is 16.5. The molecular weight excluding hydrogens is 336 g/mol. The summed E-state index contributed by atoms with van der Waals surface area (Å²) in [6.07, 6.45) is 0. The van der Waals surface area contributed by atoms with Gasteiger partial charge in [0, 0.05) is 11.1 Å². The Morgan fingerprint density at radius 2 is 1.54 bits per heavy atom. The van der Waals surface area contributed by atoms with Gasteiger partial charge < -0.3 is 18.9 Å². The Kier molecular flexibility index (Phi) is 6.60. The summed E-state index contributed by atoms with van der Waals surface area (Å²) < 4.78 is 21.3. The monoisotopic (exact) mass is 358 g/mol. The number of hydrogen-bond donors (Lipinski definition) is 0. The van der Waals surface area contributed by atoms with Crippen LogP contribution in [0.3, 0.4) is 0 Å². The number of methoxy groups -OCH3 is 2. The molecule has 0 saturated heterocycles. The zero-order valence-electron chi connectivity index (χ0n) is 15.3. The van der Waals surface area contributed by atoms with Crippen molar-refractivity contribution >= 4 is 11.8 Å². The zero-order valence-corrected chi connectivity index (χ0v) is 15.3. The Balaban J connectivity index is 2.17. The minimum Gasteiger partial charge on any atom is -0.496 e. The molecule has 0 fully saturated rings. The molecule has 0 amide bonds. The molecule has 0 N–H and O–H groups in total. The van der Waals surface area contributed by atoms with Crippen LogP contribution in [0.25, 0.3) is 0 Å². The molecule has 0 aromatic heterocycles. The van der Waals surface area contributed by atoms with E-state index in [0.717, 1.165) is 0 Å². The molecule has 6 heteroatoms. The number of rotatable bonds is 8. The van der Waals surface area contributed by atoms with Crippen LogP contribution in [-0.2, 0) is 11.3 Å². The lowest BCUT2D eigenvalue weighted by molar-refractivity contribution is 0.0469. The van der Waals surface area contributed by atoms with Crippen molar-refractivity contribution in [1.29, 1.82) is 0 Å². The Morgan fingerprint density at radius 1 is 0.885 bits per heavy atom. The standard InChI is InChI=1S/C20H22O6/c1-5-25-19-11-15(7-9-18(19)24-4)20(22)26-12-16-10-14(13(2)21)6-8-17(16)23-3/h6-11H,5,12H2,1-4H3. The highest BCUT2D eigenvalue weighted by Gasteiger charge is 2.14. The molecule has 0 bridgehead atoms.